The molecule has 0 unspecified atom stereocenters. The third-order valence-corrected chi connectivity index (χ3v) is 6.46. The first-order chi connectivity index (χ1) is 14.7. The number of benzene rings is 4. The van der Waals surface area contributed by atoms with Crippen LogP contribution < -0.4 is 4.57 Å². The van der Waals surface area contributed by atoms with Crippen molar-refractivity contribution in [3.63, 3.8) is 0 Å². The molecule has 5 rings (SSSR count). The van der Waals surface area contributed by atoms with Crippen LogP contribution in [0.15, 0.2) is 91.3 Å². The standard InChI is InChI=1S/C26H21Cl2N2/c27-25-26(28)30(17-20-10-12-22-6-2-4-8-24(22)16-20)18-29(25)14-13-19-9-11-21-5-1-3-7-23(21)15-19/h1-12,15-16,18H,13-14,17H2/q+1. The van der Waals surface area contributed by atoms with E-state index in [9.17, 15) is 0 Å². The van der Waals surface area contributed by atoms with E-state index in [1.54, 1.807) is 0 Å². The molecule has 148 valence electrons. The Kier molecular flexibility index (Phi) is 5.20. The lowest BCUT2D eigenvalue weighted by Gasteiger charge is -2.03. The van der Waals surface area contributed by atoms with E-state index in [-0.39, 0.29) is 0 Å². The van der Waals surface area contributed by atoms with Crippen molar-refractivity contribution in [2.75, 3.05) is 0 Å². The van der Waals surface area contributed by atoms with Gasteiger partial charge in [-0.1, -0.05) is 78.9 Å². The molecule has 1 aromatic heterocycles. The molecule has 0 saturated carbocycles. The zero-order chi connectivity index (χ0) is 20.5. The van der Waals surface area contributed by atoms with Crippen molar-refractivity contribution < 1.29 is 4.57 Å². The van der Waals surface area contributed by atoms with Gasteiger partial charge in [-0.3, -0.25) is 0 Å². The third kappa shape index (κ3) is 3.81. The van der Waals surface area contributed by atoms with Gasteiger partial charge in [0.2, 0.25) is 6.33 Å². The van der Waals surface area contributed by atoms with Gasteiger partial charge in [0, 0.05) is 6.42 Å². The lowest BCUT2D eigenvalue weighted by molar-refractivity contribution is -0.685. The van der Waals surface area contributed by atoms with Crippen LogP contribution in [-0.2, 0) is 19.5 Å². The summed E-state index contributed by atoms with van der Waals surface area (Å²) in [5, 5.41) is 6.15. The number of aromatic nitrogens is 2. The molecular weight excluding hydrogens is 411 g/mol. The molecule has 0 saturated heterocycles. The minimum absolute atomic E-state index is 0.573. The Morgan fingerprint density at radius 1 is 0.667 bits per heavy atom. The maximum atomic E-state index is 6.55. The molecular formula is C26H21Cl2N2+. The van der Waals surface area contributed by atoms with E-state index in [0.717, 1.165) is 13.0 Å². The van der Waals surface area contributed by atoms with Crippen molar-refractivity contribution in [2.45, 2.75) is 19.5 Å². The molecule has 0 aliphatic carbocycles. The zero-order valence-electron chi connectivity index (χ0n) is 16.4. The van der Waals surface area contributed by atoms with Gasteiger partial charge < -0.3 is 0 Å². The molecule has 0 aliphatic rings. The summed E-state index contributed by atoms with van der Waals surface area (Å²) in [6, 6.07) is 29.9. The van der Waals surface area contributed by atoms with E-state index in [1.807, 2.05) is 15.5 Å². The summed E-state index contributed by atoms with van der Waals surface area (Å²) in [5.74, 6) is 0. The van der Waals surface area contributed by atoms with Crippen molar-refractivity contribution in [1.82, 2.24) is 4.57 Å². The number of nitrogens with zero attached hydrogens (tertiary/aromatic N) is 2. The summed E-state index contributed by atoms with van der Waals surface area (Å²) in [6.45, 7) is 1.47. The predicted molar refractivity (Wildman–Crippen MR) is 125 cm³/mol. The fraction of sp³-hybridized carbons (Fsp3) is 0.115. The van der Waals surface area contributed by atoms with Gasteiger partial charge in [-0.2, -0.15) is 0 Å². The van der Waals surface area contributed by atoms with Gasteiger partial charge in [0.05, 0.1) is 6.54 Å². The topological polar surface area (TPSA) is 8.81 Å². The van der Waals surface area contributed by atoms with E-state index >= 15 is 0 Å². The van der Waals surface area contributed by atoms with Crippen molar-refractivity contribution in [3.8, 4) is 0 Å². The zero-order valence-corrected chi connectivity index (χ0v) is 17.9. The molecule has 0 N–H and O–H groups in total. The largest absolute Gasteiger partial charge is 0.255 e. The Balaban J connectivity index is 1.35. The van der Waals surface area contributed by atoms with Gasteiger partial charge in [0.15, 0.2) is 0 Å². The Labute approximate surface area is 185 Å². The first-order valence-corrected chi connectivity index (χ1v) is 10.8. The quantitative estimate of drug-likeness (QED) is 0.274. The number of hydrogen-bond acceptors (Lipinski definition) is 0. The average molecular weight is 432 g/mol. The fourth-order valence-corrected chi connectivity index (χ4v) is 4.40. The maximum Gasteiger partial charge on any atom is 0.255 e. The minimum Gasteiger partial charge on any atom is -0.219 e. The molecule has 0 radical (unpaired) electrons. The van der Waals surface area contributed by atoms with Crippen molar-refractivity contribution in [2.24, 2.45) is 0 Å². The first-order valence-electron chi connectivity index (χ1n) is 10.1. The van der Waals surface area contributed by atoms with E-state index in [4.69, 9.17) is 23.2 Å². The Morgan fingerprint density at radius 3 is 1.90 bits per heavy atom. The second kappa shape index (κ2) is 8.14. The lowest BCUT2D eigenvalue weighted by Crippen LogP contribution is -2.33. The highest BCUT2D eigenvalue weighted by Gasteiger charge is 2.20. The molecule has 1 heterocycles. The number of halogens is 2. The number of rotatable bonds is 5. The van der Waals surface area contributed by atoms with Gasteiger partial charge in [-0.05, 0) is 61.9 Å². The summed E-state index contributed by atoms with van der Waals surface area (Å²) in [7, 11) is 0. The van der Waals surface area contributed by atoms with Gasteiger partial charge in [0.1, 0.15) is 6.54 Å². The second-order valence-corrected chi connectivity index (χ2v) is 8.35. The van der Waals surface area contributed by atoms with Crippen LogP contribution in [0.1, 0.15) is 11.1 Å². The molecule has 0 spiro atoms. The van der Waals surface area contributed by atoms with Crippen molar-refractivity contribution >= 4 is 44.7 Å². The van der Waals surface area contributed by atoms with Crippen LogP contribution in [0, 0.1) is 0 Å². The van der Waals surface area contributed by atoms with Gasteiger partial charge in [0.25, 0.3) is 10.3 Å². The minimum atomic E-state index is 0.573. The molecule has 4 heteroatoms. The number of fused-ring (bicyclic) bond motifs is 2. The molecule has 0 amide bonds. The SMILES string of the molecule is Clc1c(Cl)[n+](Cc2ccc3ccccc3c2)cn1CCc1ccc2ccccc2c1. The fourth-order valence-electron chi connectivity index (χ4n) is 3.95. The number of imidazole rings is 1. The molecule has 30 heavy (non-hydrogen) atoms. The summed E-state index contributed by atoms with van der Waals surface area (Å²) >= 11 is 13.1. The predicted octanol–water partition coefficient (Wildman–Crippen LogP) is 6.68. The Hall–Kier alpha value is -2.81. The van der Waals surface area contributed by atoms with Gasteiger partial charge >= 0.3 is 0 Å². The lowest BCUT2D eigenvalue weighted by atomic mass is 10.1. The smallest absolute Gasteiger partial charge is 0.219 e. The van der Waals surface area contributed by atoms with Crippen LogP contribution in [0.25, 0.3) is 21.5 Å². The van der Waals surface area contributed by atoms with Crippen LogP contribution in [0.2, 0.25) is 10.3 Å². The summed E-state index contributed by atoms with van der Waals surface area (Å²) in [4.78, 5) is 0. The van der Waals surface area contributed by atoms with E-state index < -0.39 is 0 Å². The normalized spacial score (nSPS) is 11.4. The average Bonchev–Trinajstić information content (AvgIpc) is 3.05. The van der Waals surface area contributed by atoms with E-state index in [1.165, 1.54) is 32.7 Å². The molecule has 4 aromatic carbocycles. The third-order valence-electron chi connectivity index (χ3n) is 5.58. The highest BCUT2D eigenvalue weighted by molar-refractivity contribution is 6.39. The summed E-state index contributed by atoms with van der Waals surface area (Å²) in [5.41, 5.74) is 2.49. The summed E-state index contributed by atoms with van der Waals surface area (Å²) < 4.78 is 4.04. The molecule has 0 fully saturated rings. The summed E-state index contributed by atoms with van der Waals surface area (Å²) in [6.07, 6.45) is 2.91. The van der Waals surface area contributed by atoms with E-state index in [0.29, 0.717) is 16.9 Å². The van der Waals surface area contributed by atoms with Crippen LogP contribution >= 0.6 is 23.2 Å². The van der Waals surface area contributed by atoms with E-state index in [2.05, 4.69) is 84.9 Å². The number of hydrogen-bond donors (Lipinski definition) is 0. The first kappa shape index (κ1) is 19.2. The maximum absolute atomic E-state index is 6.55. The molecule has 0 aliphatic heterocycles. The van der Waals surface area contributed by atoms with Crippen LogP contribution in [0.5, 0.6) is 0 Å². The van der Waals surface area contributed by atoms with Crippen molar-refractivity contribution in [1.29, 1.82) is 0 Å². The molecule has 0 bridgehead atoms. The van der Waals surface area contributed by atoms with Crippen molar-refractivity contribution in [3.05, 3.63) is 113 Å². The second-order valence-electron chi connectivity index (χ2n) is 7.63. The molecule has 0 atom stereocenters. The molecule has 2 nitrogen and oxygen atoms in total. The highest BCUT2D eigenvalue weighted by atomic mass is 35.5. The van der Waals surface area contributed by atoms with Crippen LogP contribution in [0.4, 0.5) is 0 Å². The van der Waals surface area contributed by atoms with Gasteiger partial charge in [-0.25, -0.2) is 9.13 Å². The molecule has 5 aromatic rings. The Morgan fingerprint density at radius 2 is 1.23 bits per heavy atom. The Bertz CT molecular complexity index is 1350. The van der Waals surface area contributed by atoms with Crippen LogP contribution in [-0.4, -0.2) is 4.57 Å². The number of aryl methyl sites for hydroxylation is 2. The van der Waals surface area contributed by atoms with Crippen LogP contribution in [0.3, 0.4) is 0 Å². The van der Waals surface area contributed by atoms with Gasteiger partial charge in [-0.15, -0.1) is 0 Å². The monoisotopic (exact) mass is 431 g/mol. The highest BCUT2D eigenvalue weighted by Crippen LogP contribution is 2.22.